The molecule has 0 radical (unpaired) electrons. The lowest BCUT2D eigenvalue weighted by Crippen LogP contribution is -2.09. The van der Waals surface area contributed by atoms with Crippen LogP contribution in [0.15, 0.2) is 41.4 Å². The van der Waals surface area contributed by atoms with Crippen LogP contribution in [0.2, 0.25) is 5.02 Å². The van der Waals surface area contributed by atoms with E-state index < -0.39 is 0 Å². The van der Waals surface area contributed by atoms with E-state index in [0.29, 0.717) is 23.2 Å². The van der Waals surface area contributed by atoms with Gasteiger partial charge in [-0.3, -0.25) is 0 Å². The molecule has 0 aliphatic rings. The molecule has 0 saturated carbocycles. The molecule has 2 aromatic rings. The maximum absolute atomic E-state index is 6.04. The van der Waals surface area contributed by atoms with Crippen molar-refractivity contribution in [1.82, 2.24) is 10.1 Å². The topological polar surface area (TPSA) is 64.9 Å². The van der Waals surface area contributed by atoms with Crippen molar-refractivity contribution < 1.29 is 4.52 Å². The molecule has 1 aromatic carbocycles. The van der Waals surface area contributed by atoms with Crippen LogP contribution in [0, 0.1) is 0 Å². The fourth-order valence-electron chi connectivity index (χ4n) is 1.42. The number of hydrogen-bond donors (Lipinski definition) is 1. The van der Waals surface area contributed by atoms with Gasteiger partial charge in [0.25, 0.3) is 0 Å². The minimum Gasteiger partial charge on any atom is -0.337 e. The molecule has 2 N–H and O–H groups in total. The van der Waals surface area contributed by atoms with Crippen molar-refractivity contribution in [2.45, 2.75) is 12.5 Å². The summed E-state index contributed by atoms with van der Waals surface area (Å²) in [6.45, 7) is 3.61. The van der Waals surface area contributed by atoms with Gasteiger partial charge in [-0.25, -0.2) is 0 Å². The molecule has 0 saturated heterocycles. The zero-order chi connectivity index (χ0) is 12.3. The van der Waals surface area contributed by atoms with Crippen molar-refractivity contribution in [3.8, 4) is 11.4 Å². The highest BCUT2D eigenvalue weighted by atomic mass is 35.5. The first-order valence-electron chi connectivity index (χ1n) is 5.17. The van der Waals surface area contributed by atoms with Gasteiger partial charge in [0.15, 0.2) is 0 Å². The van der Waals surface area contributed by atoms with Gasteiger partial charge in [0.2, 0.25) is 11.7 Å². The Morgan fingerprint density at radius 2 is 2.24 bits per heavy atom. The summed E-state index contributed by atoms with van der Waals surface area (Å²) in [5.41, 5.74) is 6.57. The summed E-state index contributed by atoms with van der Waals surface area (Å²) in [6, 6.07) is 6.99. The van der Waals surface area contributed by atoms with E-state index in [2.05, 4.69) is 16.7 Å². The van der Waals surface area contributed by atoms with Crippen LogP contribution in [0.25, 0.3) is 11.4 Å². The van der Waals surface area contributed by atoms with Crippen LogP contribution in [0.3, 0.4) is 0 Å². The fraction of sp³-hybridized carbons (Fsp3) is 0.167. The Hall–Kier alpha value is -1.65. The van der Waals surface area contributed by atoms with Crippen molar-refractivity contribution in [2.75, 3.05) is 0 Å². The summed E-state index contributed by atoms with van der Waals surface area (Å²) >= 11 is 6.04. The monoisotopic (exact) mass is 249 g/mol. The molecular formula is C12H12ClN3O. The maximum atomic E-state index is 6.04. The van der Waals surface area contributed by atoms with Gasteiger partial charge in [-0.1, -0.05) is 35.0 Å². The highest BCUT2D eigenvalue weighted by Crippen LogP contribution is 2.26. The Bertz CT molecular complexity index is 524. The van der Waals surface area contributed by atoms with Gasteiger partial charge in [-0.2, -0.15) is 4.98 Å². The van der Waals surface area contributed by atoms with Crippen LogP contribution < -0.4 is 5.73 Å². The van der Waals surface area contributed by atoms with Crippen molar-refractivity contribution in [3.63, 3.8) is 0 Å². The van der Waals surface area contributed by atoms with Gasteiger partial charge in [0, 0.05) is 5.56 Å². The van der Waals surface area contributed by atoms with Crippen molar-refractivity contribution in [2.24, 2.45) is 5.73 Å². The van der Waals surface area contributed by atoms with Crippen LogP contribution in [0.5, 0.6) is 0 Å². The highest BCUT2D eigenvalue weighted by molar-refractivity contribution is 6.33. The Labute approximate surface area is 104 Å². The van der Waals surface area contributed by atoms with Gasteiger partial charge >= 0.3 is 0 Å². The highest BCUT2D eigenvalue weighted by Gasteiger charge is 2.15. The number of hydrogen-bond acceptors (Lipinski definition) is 4. The molecule has 1 aromatic heterocycles. The van der Waals surface area contributed by atoms with E-state index in [4.69, 9.17) is 21.9 Å². The van der Waals surface area contributed by atoms with E-state index in [1.165, 1.54) is 0 Å². The summed E-state index contributed by atoms with van der Waals surface area (Å²) in [7, 11) is 0. The second-order valence-electron chi connectivity index (χ2n) is 3.57. The Morgan fingerprint density at radius 3 is 2.94 bits per heavy atom. The number of nitrogens with zero attached hydrogens (tertiary/aromatic N) is 2. The second-order valence-corrected chi connectivity index (χ2v) is 3.97. The molecule has 1 heterocycles. The number of halogens is 1. The van der Waals surface area contributed by atoms with E-state index >= 15 is 0 Å². The Balaban J connectivity index is 2.30. The smallest absolute Gasteiger partial charge is 0.244 e. The molecule has 0 amide bonds. The zero-order valence-corrected chi connectivity index (χ0v) is 9.89. The third-order valence-corrected chi connectivity index (χ3v) is 2.62. The number of benzene rings is 1. The molecule has 0 spiro atoms. The van der Waals surface area contributed by atoms with Crippen LogP contribution in [-0.4, -0.2) is 10.1 Å². The van der Waals surface area contributed by atoms with Crippen LogP contribution in [0.4, 0.5) is 0 Å². The summed E-state index contributed by atoms with van der Waals surface area (Å²) in [6.07, 6.45) is 2.30. The third-order valence-electron chi connectivity index (χ3n) is 2.29. The molecule has 88 valence electrons. The van der Waals surface area contributed by atoms with Crippen molar-refractivity contribution >= 4 is 11.6 Å². The molecular weight excluding hydrogens is 238 g/mol. The third kappa shape index (κ3) is 2.54. The molecule has 5 heteroatoms. The first-order chi connectivity index (χ1) is 8.22. The Morgan fingerprint density at radius 1 is 1.47 bits per heavy atom. The normalized spacial score (nSPS) is 12.4. The molecule has 1 atom stereocenters. The Kier molecular flexibility index (Phi) is 3.56. The second kappa shape index (κ2) is 5.12. The first kappa shape index (κ1) is 11.8. The summed E-state index contributed by atoms with van der Waals surface area (Å²) in [5.74, 6) is 0.838. The van der Waals surface area contributed by atoms with Gasteiger partial charge in [-0.15, -0.1) is 6.58 Å². The van der Waals surface area contributed by atoms with E-state index in [9.17, 15) is 0 Å². The number of nitrogens with two attached hydrogens (primary N) is 1. The maximum Gasteiger partial charge on any atom is 0.244 e. The lowest BCUT2D eigenvalue weighted by atomic mass is 10.2. The van der Waals surface area contributed by atoms with E-state index in [1.807, 2.05) is 18.2 Å². The molecule has 4 nitrogen and oxygen atoms in total. The molecule has 2 rings (SSSR count). The van der Waals surface area contributed by atoms with Gasteiger partial charge in [0.05, 0.1) is 11.1 Å². The number of aromatic nitrogens is 2. The lowest BCUT2D eigenvalue weighted by molar-refractivity contribution is 0.356. The molecule has 0 aliphatic carbocycles. The van der Waals surface area contributed by atoms with E-state index in [0.717, 1.165) is 5.56 Å². The summed E-state index contributed by atoms with van der Waals surface area (Å²) in [5, 5.41) is 4.45. The summed E-state index contributed by atoms with van der Waals surface area (Å²) in [4.78, 5) is 4.22. The average molecular weight is 250 g/mol. The summed E-state index contributed by atoms with van der Waals surface area (Å²) < 4.78 is 5.10. The minimum absolute atomic E-state index is 0.323. The molecule has 1 unspecified atom stereocenters. The SMILES string of the molecule is C=CCC(N)c1nc(-c2ccccc2Cl)no1. The predicted molar refractivity (Wildman–Crippen MR) is 66.5 cm³/mol. The zero-order valence-electron chi connectivity index (χ0n) is 9.14. The molecule has 0 fully saturated rings. The van der Waals surface area contributed by atoms with Crippen molar-refractivity contribution in [1.29, 1.82) is 0 Å². The van der Waals surface area contributed by atoms with E-state index in [-0.39, 0.29) is 6.04 Å². The standard InChI is InChI=1S/C12H12ClN3O/c1-2-5-10(14)12-15-11(16-17-12)8-6-3-4-7-9(8)13/h2-4,6-7,10H,1,5,14H2. The quantitative estimate of drug-likeness (QED) is 0.846. The van der Waals surface area contributed by atoms with E-state index in [1.54, 1.807) is 12.1 Å². The lowest BCUT2D eigenvalue weighted by Gasteiger charge is -2.00. The fourth-order valence-corrected chi connectivity index (χ4v) is 1.64. The van der Waals surface area contributed by atoms with Crippen molar-refractivity contribution in [3.05, 3.63) is 47.8 Å². The molecule has 0 bridgehead atoms. The largest absolute Gasteiger partial charge is 0.337 e. The minimum atomic E-state index is -0.323. The van der Waals surface area contributed by atoms with Gasteiger partial charge in [0.1, 0.15) is 0 Å². The van der Waals surface area contributed by atoms with Crippen LogP contribution in [0.1, 0.15) is 18.4 Å². The first-order valence-corrected chi connectivity index (χ1v) is 5.55. The number of rotatable bonds is 4. The average Bonchev–Trinajstić information content (AvgIpc) is 2.79. The molecule has 0 aliphatic heterocycles. The van der Waals surface area contributed by atoms with Gasteiger partial charge < -0.3 is 10.3 Å². The molecule has 17 heavy (non-hydrogen) atoms. The van der Waals surface area contributed by atoms with Crippen LogP contribution >= 0.6 is 11.6 Å². The predicted octanol–water partition coefficient (Wildman–Crippen LogP) is 2.97. The van der Waals surface area contributed by atoms with Gasteiger partial charge in [-0.05, 0) is 18.6 Å². The van der Waals surface area contributed by atoms with Crippen LogP contribution in [-0.2, 0) is 0 Å².